The van der Waals surface area contributed by atoms with Crippen molar-refractivity contribution in [3.05, 3.63) is 78.4 Å². The van der Waals surface area contributed by atoms with Crippen LogP contribution in [0.25, 0.3) is 11.1 Å². The zero-order chi connectivity index (χ0) is 24.3. The summed E-state index contributed by atoms with van der Waals surface area (Å²) in [4.78, 5) is 19.6. The Hall–Kier alpha value is -3.25. The molecule has 6 heteroatoms. The van der Waals surface area contributed by atoms with Crippen LogP contribution >= 0.6 is 0 Å². The zero-order valence-corrected chi connectivity index (χ0v) is 20.3. The largest absolute Gasteiger partial charge is 0.457 e. The van der Waals surface area contributed by atoms with E-state index in [2.05, 4.69) is 12.0 Å². The molecule has 0 aliphatic carbocycles. The molecule has 1 amide bonds. The highest BCUT2D eigenvalue weighted by atomic mass is 19.1. The summed E-state index contributed by atoms with van der Waals surface area (Å²) in [6.45, 7) is 4.16. The smallest absolute Gasteiger partial charge is 0.272 e. The molecule has 3 heterocycles. The minimum Gasteiger partial charge on any atom is -0.457 e. The molecule has 0 unspecified atom stereocenters. The molecule has 2 aromatic carbocycles. The second-order valence-electron chi connectivity index (χ2n) is 10.0. The van der Waals surface area contributed by atoms with Crippen molar-refractivity contribution in [2.24, 2.45) is 0 Å². The maximum absolute atomic E-state index is 13.2. The number of carbonyl (C=O) groups is 1. The predicted molar refractivity (Wildman–Crippen MR) is 135 cm³/mol. The number of pyridine rings is 1. The molecule has 182 valence electrons. The Morgan fingerprint density at radius 1 is 0.914 bits per heavy atom. The summed E-state index contributed by atoms with van der Waals surface area (Å²) in [5, 5.41) is 0. The van der Waals surface area contributed by atoms with Crippen LogP contribution in [0.3, 0.4) is 0 Å². The van der Waals surface area contributed by atoms with Gasteiger partial charge in [0.25, 0.3) is 5.91 Å². The molecule has 0 N–H and O–H groups in total. The van der Waals surface area contributed by atoms with E-state index in [1.165, 1.54) is 49.0 Å². The number of piperidine rings is 2. The van der Waals surface area contributed by atoms with E-state index in [-0.39, 0.29) is 11.7 Å². The standard InChI is InChI=1S/C29H33FN3O2/c1-33(19-3-2-4-20-33)25-14-17-32(18-15-25)29(34)28-21-23(13-16-31-28)22-5-9-26(10-6-22)35-27-11-7-24(30)8-12-27/h5-13,16,21,25H,2-4,14-15,17-20H2,1H3/q+1. The van der Waals surface area contributed by atoms with Gasteiger partial charge in [0.1, 0.15) is 23.0 Å². The van der Waals surface area contributed by atoms with Gasteiger partial charge in [-0.2, -0.15) is 0 Å². The number of ether oxygens (including phenoxy) is 1. The molecule has 0 atom stereocenters. The Labute approximate surface area is 206 Å². The maximum Gasteiger partial charge on any atom is 0.272 e. The number of halogens is 1. The van der Waals surface area contributed by atoms with Gasteiger partial charge in [0.15, 0.2) is 0 Å². The molecule has 2 aliphatic rings. The van der Waals surface area contributed by atoms with Gasteiger partial charge < -0.3 is 14.1 Å². The molecule has 5 rings (SSSR count). The summed E-state index contributed by atoms with van der Waals surface area (Å²) in [6, 6.07) is 18.0. The minimum absolute atomic E-state index is 0.0165. The summed E-state index contributed by atoms with van der Waals surface area (Å²) in [5.41, 5.74) is 2.41. The van der Waals surface area contributed by atoms with Gasteiger partial charge >= 0.3 is 0 Å². The minimum atomic E-state index is -0.294. The van der Waals surface area contributed by atoms with Crippen molar-refractivity contribution in [2.45, 2.75) is 38.1 Å². The zero-order valence-electron chi connectivity index (χ0n) is 20.3. The van der Waals surface area contributed by atoms with E-state index in [4.69, 9.17) is 4.74 Å². The first kappa shape index (κ1) is 23.5. The summed E-state index contributed by atoms with van der Waals surface area (Å²) in [7, 11) is 2.41. The average molecular weight is 475 g/mol. The lowest BCUT2D eigenvalue weighted by Gasteiger charge is -2.47. The molecule has 3 aromatic rings. The van der Waals surface area contributed by atoms with Crippen molar-refractivity contribution in [3.63, 3.8) is 0 Å². The van der Waals surface area contributed by atoms with Crippen LogP contribution < -0.4 is 4.74 Å². The molecule has 2 saturated heterocycles. The van der Waals surface area contributed by atoms with Crippen LogP contribution in [0.15, 0.2) is 66.9 Å². The quantitative estimate of drug-likeness (QED) is 0.432. The average Bonchev–Trinajstić information content (AvgIpc) is 2.91. The fourth-order valence-electron chi connectivity index (χ4n) is 5.54. The number of likely N-dealkylation sites (tertiary alicyclic amines) is 2. The van der Waals surface area contributed by atoms with Gasteiger partial charge in [-0.3, -0.25) is 9.78 Å². The van der Waals surface area contributed by atoms with Crippen LogP contribution in [0.1, 0.15) is 42.6 Å². The van der Waals surface area contributed by atoms with Crippen LogP contribution in [0, 0.1) is 5.82 Å². The van der Waals surface area contributed by atoms with E-state index in [0.29, 0.717) is 23.2 Å². The first-order valence-electron chi connectivity index (χ1n) is 12.6. The third kappa shape index (κ3) is 5.38. The van der Waals surface area contributed by atoms with Gasteiger partial charge in [-0.15, -0.1) is 0 Å². The predicted octanol–water partition coefficient (Wildman–Crippen LogP) is 5.92. The number of quaternary nitrogens is 1. The van der Waals surface area contributed by atoms with Gasteiger partial charge in [0.2, 0.25) is 0 Å². The molecular formula is C29H33FN3O2+. The number of hydrogen-bond acceptors (Lipinski definition) is 3. The van der Waals surface area contributed by atoms with E-state index in [0.717, 1.165) is 37.1 Å². The van der Waals surface area contributed by atoms with Crippen molar-refractivity contribution in [2.75, 3.05) is 33.2 Å². The summed E-state index contributed by atoms with van der Waals surface area (Å²) in [6.07, 6.45) is 7.85. The van der Waals surface area contributed by atoms with E-state index in [9.17, 15) is 9.18 Å². The molecule has 0 bridgehead atoms. The first-order chi connectivity index (χ1) is 17.0. The lowest BCUT2D eigenvalue weighted by Crippen LogP contribution is -2.58. The van der Waals surface area contributed by atoms with Crippen LogP contribution in [0.5, 0.6) is 11.5 Å². The second kappa shape index (κ2) is 10.2. The van der Waals surface area contributed by atoms with Gasteiger partial charge in [0.05, 0.1) is 26.2 Å². The molecule has 5 nitrogen and oxygen atoms in total. The van der Waals surface area contributed by atoms with Crippen LogP contribution in [0.4, 0.5) is 4.39 Å². The van der Waals surface area contributed by atoms with Crippen LogP contribution in [0.2, 0.25) is 0 Å². The molecule has 0 spiro atoms. The first-order valence-corrected chi connectivity index (χ1v) is 12.6. The van der Waals surface area contributed by atoms with Crippen molar-refractivity contribution in [3.8, 4) is 22.6 Å². The molecule has 1 aromatic heterocycles. The third-order valence-electron chi connectivity index (χ3n) is 7.69. The molecule has 35 heavy (non-hydrogen) atoms. The van der Waals surface area contributed by atoms with Crippen molar-refractivity contribution in [1.82, 2.24) is 9.88 Å². The number of hydrogen-bond donors (Lipinski definition) is 0. The molecule has 0 saturated carbocycles. The molecule has 0 radical (unpaired) electrons. The van der Waals surface area contributed by atoms with Crippen molar-refractivity contribution >= 4 is 5.91 Å². The number of aromatic nitrogens is 1. The van der Waals surface area contributed by atoms with Crippen molar-refractivity contribution in [1.29, 1.82) is 0 Å². The topological polar surface area (TPSA) is 42.4 Å². The second-order valence-corrected chi connectivity index (χ2v) is 10.0. The van der Waals surface area contributed by atoms with E-state index in [1.54, 1.807) is 18.3 Å². The Bertz CT molecular complexity index is 1150. The summed E-state index contributed by atoms with van der Waals surface area (Å²) in [5.74, 6) is 0.968. The lowest BCUT2D eigenvalue weighted by molar-refractivity contribution is -0.938. The monoisotopic (exact) mass is 474 g/mol. The number of nitrogens with zero attached hydrogens (tertiary/aromatic N) is 3. The SMILES string of the molecule is C[N+]1(C2CCN(C(=O)c3cc(-c4ccc(Oc5ccc(F)cc5)cc4)ccn3)CC2)CCCCC1. The number of amides is 1. The normalized spacial score (nSPS) is 18.3. The Morgan fingerprint density at radius 3 is 2.20 bits per heavy atom. The number of rotatable bonds is 5. The van der Waals surface area contributed by atoms with Crippen LogP contribution in [-0.4, -0.2) is 59.5 Å². The van der Waals surface area contributed by atoms with E-state index < -0.39 is 0 Å². The highest BCUT2D eigenvalue weighted by molar-refractivity contribution is 5.93. The Kier molecular flexibility index (Phi) is 6.82. The summed E-state index contributed by atoms with van der Waals surface area (Å²) < 4.78 is 20.1. The highest BCUT2D eigenvalue weighted by Gasteiger charge is 2.37. The number of carbonyl (C=O) groups excluding carboxylic acids is 1. The maximum atomic E-state index is 13.2. The van der Waals surface area contributed by atoms with Gasteiger partial charge in [-0.05, 0) is 78.9 Å². The Balaban J connectivity index is 1.22. The third-order valence-corrected chi connectivity index (χ3v) is 7.69. The van der Waals surface area contributed by atoms with Gasteiger partial charge in [-0.25, -0.2) is 4.39 Å². The van der Waals surface area contributed by atoms with E-state index >= 15 is 0 Å². The molecule has 2 aliphatic heterocycles. The fourth-order valence-corrected chi connectivity index (χ4v) is 5.54. The highest BCUT2D eigenvalue weighted by Crippen LogP contribution is 2.29. The summed E-state index contributed by atoms with van der Waals surface area (Å²) >= 11 is 0. The molecular weight excluding hydrogens is 441 g/mol. The lowest BCUT2D eigenvalue weighted by atomic mass is 9.96. The van der Waals surface area contributed by atoms with Gasteiger partial charge in [0, 0.05) is 32.1 Å². The molecule has 2 fully saturated rings. The van der Waals surface area contributed by atoms with E-state index in [1.807, 2.05) is 41.3 Å². The van der Waals surface area contributed by atoms with Crippen molar-refractivity contribution < 1.29 is 18.4 Å². The van der Waals surface area contributed by atoms with Gasteiger partial charge in [-0.1, -0.05) is 12.1 Å². The van der Waals surface area contributed by atoms with Crippen LogP contribution in [-0.2, 0) is 0 Å². The number of benzene rings is 2. The Morgan fingerprint density at radius 2 is 1.54 bits per heavy atom. The fraction of sp³-hybridized carbons (Fsp3) is 0.379.